The van der Waals surface area contributed by atoms with Gasteiger partial charge in [-0.2, -0.15) is 0 Å². The van der Waals surface area contributed by atoms with Crippen molar-refractivity contribution in [3.63, 3.8) is 0 Å². The van der Waals surface area contributed by atoms with Gasteiger partial charge in [-0.1, -0.05) is 6.58 Å². The maximum Gasteiger partial charge on any atom is 0.110 e. The second kappa shape index (κ2) is 15.7. The predicted molar refractivity (Wildman–Crippen MR) is 36.2 cm³/mol. The highest BCUT2D eigenvalue weighted by Gasteiger charge is 1.69. The molecule has 0 aliphatic heterocycles. The fourth-order valence-corrected chi connectivity index (χ4v) is 0.136. The van der Waals surface area contributed by atoms with Crippen LogP contribution >= 0.6 is 0 Å². The molecule has 0 spiro atoms. The van der Waals surface area contributed by atoms with Crippen LogP contribution in [0.4, 0.5) is 0 Å². The van der Waals surface area contributed by atoms with E-state index in [1.165, 1.54) is 6.26 Å². The monoisotopic (exact) mass is 134 g/mol. The third-order valence-corrected chi connectivity index (χ3v) is 0.327. The maximum atomic E-state index is 8.02. The number of methoxy groups -OCH3 is 1. The minimum Gasteiger partial charge on any atom is -0.499 e. The topological polar surface area (TPSA) is 38.7 Å². The third-order valence-electron chi connectivity index (χ3n) is 0.327. The Morgan fingerprint density at radius 3 is 2.11 bits per heavy atom. The lowest BCUT2D eigenvalue weighted by Crippen LogP contribution is -1.90. The molecular weight excluding hydrogens is 120 g/mol. The van der Waals surface area contributed by atoms with E-state index in [1.54, 1.807) is 14.2 Å². The molecule has 0 rings (SSSR count). The average molecular weight is 134 g/mol. The predicted octanol–water partition coefficient (Wildman–Crippen LogP) is 0.401. The van der Waals surface area contributed by atoms with E-state index in [0.717, 1.165) is 0 Å². The highest BCUT2D eigenvalue weighted by molar-refractivity contribution is 4.46. The largest absolute Gasteiger partial charge is 0.499 e. The molecule has 0 aromatic rings. The summed E-state index contributed by atoms with van der Waals surface area (Å²) in [5.74, 6) is 0. The molecule has 0 aromatic carbocycles. The van der Waals surface area contributed by atoms with Crippen LogP contribution in [-0.2, 0) is 9.47 Å². The molecule has 3 nitrogen and oxygen atoms in total. The molecule has 9 heavy (non-hydrogen) atoms. The van der Waals surface area contributed by atoms with Gasteiger partial charge >= 0.3 is 0 Å². The number of rotatable bonds is 3. The molecule has 0 aromatic heterocycles. The van der Waals surface area contributed by atoms with E-state index in [2.05, 4.69) is 16.1 Å². The number of hydrogen-bond donors (Lipinski definition) is 1. The van der Waals surface area contributed by atoms with Crippen LogP contribution in [0, 0.1) is 0 Å². The standard InChI is InChI=1S/C4H8O2.C2H6O/c1-2-6-4-3-5;1-3-2/h2,5H,1,3-4H2;1-2H3. The normalized spacial score (nSPS) is 7.00. The lowest BCUT2D eigenvalue weighted by molar-refractivity contribution is 0.166. The van der Waals surface area contributed by atoms with Crippen molar-refractivity contribution < 1.29 is 14.6 Å². The average Bonchev–Trinajstić information content (AvgIpc) is 1.86. The van der Waals surface area contributed by atoms with Crippen molar-refractivity contribution in [2.24, 2.45) is 0 Å². The minimum atomic E-state index is 0.0615. The number of ether oxygens (including phenoxy) is 2. The van der Waals surface area contributed by atoms with Crippen molar-refractivity contribution in [2.45, 2.75) is 0 Å². The van der Waals surface area contributed by atoms with Crippen LogP contribution in [0.2, 0.25) is 0 Å². The zero-order valence-electron chi connectivity index (χ0n) is 5.96. The summed E-state index contributed by atoms with van der Waals surface area (Å²) in [6.07, 6.45) is 1.30. The minimum absolute atomic E-state index is 0.0615. The fraction of sp³-hybridized carbons (Fsp3) is 0.667. The Balaban J connectivity index is 0. The molecule has 0 aliphatic carbocycles. The van der Waals surface area contributed by atoms with Gasteiger partial charge in [0.2, 0.25) is 0 Å². The second-order valence-electron chi connectivity index (χ2n) is 1.17. The summed E-state index contributed by atoms with van der Waals surface area (Å²) < 4.78 is 8.75. The number of hydrogen-bond acceptors (Lipinski definition) is 3. The smallest absolute Gasteiger partial charge is 0.110 e. The molecule has 0 fully saturated rings. The molecule has 0 aliphatic rings. The van der Waals surface area contributed by atoms with E-state index < -0.39 is 0 Å². The van der Waals surface area contributed by atoms with Gasteiger partial charge in [0.15, 0.2) is 0 Å². The van der Waals surface area contributed by atoms with Crippen LogP contribution in [0.15, 0.2) is 12.8 Å². The molecule has 0 amide bonds. The van der Waals surface area contributed by atoms with E-state index in [9.17, 15) is 0 Å². The first-order valence-corrected chi connectivity index (χ1v) is 2.57. The molecule has 1 N–H and O–H groups in total. The Labute approximate surface area is 55.9 Å². The SMILES string of the molecule is C=COCCO.COC. The van der Waals surface area contributed by atoms with Gasteiger partial charge in [-0.05, 0) is 0 Å². The molecule has 3 heteroatoms. The molecule has 56 valence electrons. The summed E-state index contributed by atoms with van der Waals surface area (Å²) in [6, 6.07) is 0. The lowest BCUT2D eigenvalue weighted by atomic mass is 10.8. The number of aliphatic hydroxyl groups is 1. The third kappa shape index (κ3) is 36.7. The highest BCUT2D eigenvalue weighted by Crippen LogP contribution is 1.67. The van der Waals surface area contributed by atoms with Gasteiger partial charge in [0.1, 0.15) is 6.61 Å². The van der Waals surface area contributed by atoms with Crippen molar-refractivity contribution >= 4 is 0 Å². The van der Waals surface area contributed by atoms with Gasteiger partial charge in [-0.25, -0.2) is 0 Å². The molecular formula is C6H14O3. The van der Waals surface area contributed by atoms with Crippen molar-refractivity contribution in [1.82, 2.24) is 0 Å². The van der Waals surface area contributed by atoms with E-state index in [-0.39, 0.29) is 6.61 Å². The fourth-order valence-electron chi connectivity index (χ4n) is 0.136. The molecule has 0 atom stereocenters. The first-order chi connectivity index (χ1) is 4.33. The van der Waals surface area contributed by atoms with Gasteiger partial charge in [-0.15, -0.1) is 0 Å². The first-order valence-electron chi connectivity index (χ1n) is 2.57. The quantitative estimate of drug-likeness (QED) is 0.448. The van der Waals surface area contributed by atoms with Crippen LogP contribution < -0.4 is 0 Å². The van der Waals surface area contributed by atoms with E-state index in [4.69, 9.17) is 5.11 Å². The first kappa shape index (κ1) is 11.3. The zero-order valence-corrected chi connectivity index (χ0v) is 5.96. The van der Waals surface area contributed by atoms with Gasteiger partial charge in [-0.3, -0.25) is 0 Å². The molecule has 0 radical (unpaired) electrons. The summed E-state index contributed by atoms with van der Waals surface area (Å²) in [4.78, 5) is 0. The molecule has 0 heterocycles. The van der Waals surface area contributed by atoms with Crippen molar-refractivity contribution in [2.75, 3.05) is 27.4 Å². The van der Waals surface area contributed by atoms with Crippen LogP contribution in [0.5, 0.6) is 0 Å². The molecule has 0 saturated carbocycles. The second-order valence-corrected chi connectivity index (χ2v) is 1.17. The zero-order chi connectivity index (χ0) is 7.54. The Bertz CT molecular complexity index is 45.6. The maximum absolute atomic E-state index is 8.02. The van der Waals surface area contributed by atoms with Crippen molar-refractivity contribution in [3.8, 4) is 0 Å². The van der Waals surface area contributed by atoms with Gasteiger partial charge in [0.25, 0.3) is 0 Å². The Hall–Kier alpha value is -0.540. The summed E-state index contributed by atoms with van der Waals surface area (Å²) in [5, 5.41) is 8.02. The van der Waals surface area contributed by atoms with Crippen molar-refractivity contribution in [3.05, 3.63) is 12.8 Å². The summed E-state index contributed by atoms with van der Waals surface area (Å²) in [7, 11) is 3.25. The van der Waals surface area contributed by atoms with E-state index in [1.807, 2.05) is 0 Å². The molecule has 0 saturated heterocycles. The van der Waals surface area contributed by atoms with Crippen LogP contribution in [-0.4, -0.2) is 32.5 Å². The Kier molecular flexibility index (Phi) is 19.6. The lowest BCUT2D eigenvalue weighted by Gasteiger charge is -1.89. The molecule has 0 unspecified atom stereocenters. The summed E-state index contributed by atoms with van der Waals surface area (Å²) >= 11 is 0. The summed E-state index contributed by atoms with van der Waals surface area (Å²) in [5.41, 5.74) is 0. The van der Waals surface area contributed by atoms with Crippen LogP contribution in [0.3, 0.4) is 0 Å². The highest BCUT2D eigenvalue weighted by atomic mass is 16.5. The van der Waals surface area contributed by atoms with Gasteiger partial charge in [0, 0.05) is 14.2 Å². The number of aliphatic hydroxyl groups excluding tert-OH is 1. The van der Waals surface area contributed by atoms with Gasteiger partial charge < -0.3 is 14.6 Å². The Morgan fingerprint density at radius 2 is 2.00 bits per heavy atom. The van der Waals surface area contributed by atoms with E-state index >= 15 is 0 Å². The van der Waals surface area contributed by atoms with E-state index in [0.29, 0.717) is 6.61 Å². The summed E-state index contributed by atoms with van der Waals surface area (Å²) in [6.45, 7) is 3.68. The van der Waals surface area contributed by atoms with Crippen molar-refractivity contribution in [1.29, 1.82) is 0 Å². The van der Waals surface area contributed by atoms with Gasteiger partial charge in [0.05, 0.1) is 12.9 Å². The van der Waals surface area contributed by atoms with Crippen LogP contribution in [0.1, 0.15) is 0 Å². The molecule has 0 bridgehead atoms. The van der Waals surface area contributed by atoms with Crippen LogP contribution in [0.25, 0.3) is 0 Å². The Morgan fingerprint density at radius 1 is 1.56 bits per heavy atom.